The number of amides is 1. The molecule has 2 heterocycles. The van der Waals surface area contributed by atoms with Gasteiger partial charge in [0.25, 0.3) is 0 Å². The van der Waals surface area contributed by atoms with E-state index in [9.17, 15) is 4.79 Å². The highest BCUT2D eigenvalue weighted by Gasteiger charge is 2.18. The molecule has 0 aromatic carbocycles. The summed E-state index contributed by atoms with van der Waals surface area (Å²) in [4.78, 5) is 18.4. The van der Waals surface area contributed by atoms with Gasteiger partial charge < -0.3 is 10.2 Å². The van der Waals surface area contributed by atoms with Gasteiger partial charge >= 0.3 is 0 Å². The van der Waals surface area contributed by atoms with Crippen LogP contribution in [0, 0.1) is 5.92 Å². The second-order valence-corrected chi connectivity index (χ2v) is 6.92. The largest absolute Gasteiger partial charge is 0.355 e. The Bertz CT molecular complexity index is 433. The number of hydrogen-bond donors (Lipinski definition) is 1. The van der Waals surface area contributed by atoms with E-state index in [2.05, 4.69) is 22.1 Å². The van der Waals surface area contributed by atoms with Crippen LogP contribution in [-0.4, -0.2) is 47.7 Å². The summed E-state index contributed by atoms with van der Waals surface area (Å²) in [6.07, 6.45) is 7.24. The lowest BCUT2D eigenvalue weighted by molar-refractivity contribution is -0.118. The van der Waals surface area contributed by atoms with Gasteiger partial charge in [0.15, 0.2) is 0 Å². The van der Waals surface area contributed by atoms with E-state index in [4.69, 9.17) is 0 Å². The van der Waals surface area contributed by atoms with E-state index in [0.29, 0.717) is 11.7 Å². The van der Waals surface area contributed by atoms with Crippen LogP contribution >= 0.6 is 11.8 Å². The molecular weight excluding hydrogens is 294 g/mol. The Morgan fingerprint density at radius 2 is 2.09 bits per heavy atom. The number of thioether (sulfide) groups is 1. The number of pyridine rings is 1. The highest BCUT2D eigenvalue weighted by Crippen LogP contribution is 2.16. The molecule has 1 aliphatic rings. The standard InChI is InChI=1S/C17H27N3OS/c1-2-9-20-10-5-15(6-11-20)12-19-17(21)14-22-13-16-3-7-18-8-4-16/h3-4,7-8,15H,2,5-6,9-14H2,1H3,(H,19,21). The zero-order valence-corrected chi connectivity index (χ0v) is 14.3. The number of hydrogen-bond acceptors (Lipinski definition) is 4. The minimum absolute atomic E-state index is 0.162. The van der Waals surface area contributed by atoms with Gasteiger partial charge in [0.05, 0.1) is 5.75 Å². The molecule has 1 N–H and O–H groups in total. The number of nitrogens with one attached hydrogen (secondary N) is 1. The van der Waals surface area contributed by atoms with Crippen molar-refractivity contribution in [2.45, 2.75) is 31.9 Å². The molecule has 1 aliphatic heterocycles. The topological polar surface area (TPSA) is 45.2 Å². The molecule has 0 saturated carbocycles. The fourth-order valence-electron chi connectivity index (χ4n) is 2.78. The molecule has 5 heteroatoms. The number of rotatable bonds is 8. The third-order valence-corrected chi connectivity index (χ3v) is 5.09. The Kier molecular flexibility index (Phi) is 7.74. The molecule has 1 fully saturated rings. The van der Waals surface area contributed by atoms with Crippen LogP contribution in [0.3, 0.4) is 0 Å². The minimum Gasteiger partial charge on any atom is -0.355 e. The first-order valence-electron chi connectivity index (χ1n) is 8.23. The van der Waals surface area contributed by atoms with Crippen LogP contribution in [-0.2, 0) is 10.5 Å². The lowest BCUT2D eigenvalue weighted by Gasteiger charge is -2.31. The van der Waals surface area contributed by atoms with Crippen molar-refractivity contribution in [1.29, 1.82) is 0 Å². The zero-order chi connectivity index (χ0) is 15.6. The van der Waals surface area contributed by atoms with E-state index in [1.165, 1.54) is 44.5 Å². The Morgan fingerprint density at radius 3 is 2.77 bits per heavy atom. The van der Waals surface area contributed by atoms with Crippen molar-refractivity contribution in [3.8, 4) is 0 Å². The van der Waals surface area contributed by atoms with Gasteiger partial charge in [-0.1, -0.05) is 6.92 Å². The van der Waals surface area contributed by atoms with E-state index in [0.717, 1.165) is 12.3 Å². The second-order valence-electron chi connectivity index (χ2n) is 5.94. The predicted octanol–water partition coefficient (Wildman–Crippen LogP) is 2.55. The lowest BCUT2D eigenvalue weighted by atomic mass is 9.97. The maximum absolute atomic E-state index is 11.9. The van der Waals surface area contributed by atoms with Crippen molar-refractivity contribution < 1.29 is 4.79 Å². The van der Waals surface area contributed by atoms with E-state index >= 15 is 0 Å². The number of piperidine rings is 1. The van der Waals surface area contributed by atoms with Crippen molar-refractivity contribution in [3.63, 3.8) is 0 Å². The Hall–Kier alpha value is -1.07. The van der Waals surface area contributed by atoms with Crippen molar-refractivity contribution in [2.24, 2.45) is 5.92 Å². The molecule has 0 spiro atoms. The van der Waals surface area contributed by atoms with Crippen molar-refractivity contribution in [2.75, 3.05) is 31.9 Å². The molecule has 22 heavy (non-hydrogen) atoms. The molecule has 0 bridgehead atoms. The molecule has 1 aromatic rings. The Labute approximate surface area is 138 Å². The molecule has 0 atom stereocenters. The average Bonchev–Trinajstić information content (AvgIpc) is 2.55. The first kappa shape index (κ1) is 17.3. The normalized spacial score (nSPS) is 16.6. The van der Waals surface area contributed by atoms with E-state index in [1.807, 2.05) is 12.1 Å². The highest BCUT2D eigenvalue weighted by atomic mass is 32.2. The van der Waals surface area contributed by atoms with Crippen LogP contribution in [0.15, 0.2) is 24.5 Å². The maximum Gasteiger partial charge on any atom is 0.230 e. The molecule has 0 radical (unpaired) electrons. The van der Waals surface area contributed by atoms with Crippen LogP contribution in [0.5, 0.6) is 0 Å². The van der Waals surface area contributed by atoms with Crippen LogP contribution in [0.2, 0.25) is 0 Å². The molecule has 1 aromatic heterocycles. The van der Waals surface area contributed by atoms with Crippen LogP contribution in [0.1, 0.15) is 31.7 Å². The summed E-state index contributed by atoms with van der Waals surface area (Å²) in [6.45, 7) is 6.66. The van der Waals surface area contributed by atoms with E-state index in [1.54, 1.807) is 24.2 Å². The first-order chi connectivity index (χ1) is 10.8. The summed E-state index contributed by atoms with van der Waals surface area (Å²) < 4.78 is 0. The van der Waals surface area contributed by atoms with Gasteiger partial charge in [0.1, 0.15) is 0 Å². The smallest absolute Gasteiger partial charge is 0.230 e. The number of carbonyl (C=O) groups is 1. The zero-order valence-electron chi connectivity index (χ0n) is 13.5. The summed E-state index contributed by atoms with van der Waals surface area (Å²) in [7, 11) is 0. The third kappa shape index (κ3) is 6.36. The molecule has 1 saturated heterocycles. The second kappa shape index (κ2) is 9.85. The molecule has 122 valence electrons. The summed E-state index contributed by atoms with van der Waals surface area (Å²) in [5.41, 5.74) is 1.22. The summed E-state index contributed by atoms with van der Waals surface area (Å²) in [5, 5.41) is 3.09. The van der Waals surface area contributed by atoms with E-state index < -0.39 is 0 Å². The third-order valence-electron chi connectivity index (χ3n) is 4.09. The molecule has 2 rings (SSSR count). The number of carbonyl (C=O) groups excluding carboxylic acids is 1. The lowest BCUT2D eigenvalue weighted by Crippen LogP contribution is -2.39. The van der Waals surface area contributed by atoms with Crippen LogP contribution < -0.4 is 5.32 Å². The average molecular weight is 321 g/mol. The maximum atomic E-state index is 11.9. The SMILES string of the molecule is CCCN1CCC(CNC(=O)CSCc2ccncc2)CC1. The number of nitrogens with zero attached hydrogens (tertiary/aromatic N) is 2. The van der Waals surface area contributed by atoms with Gasteiger partial charge in [-0.3, -0.25) is 9.78 Å². The van der Waals surface area contributed by atoms with Crippen molar-refractivity contribution in [3.05, 3.63) is 30.1 Å². The molecule has 0 aliphatic carbocycles. The molecule has 4 nitrogen and oxygen atoms in total. The number of likely N-dealkylation sites (tertiary alicyclic amines) is 1. The fraction of sp³-hybridized carbons (Fsp3) is 0.647. The van der Waals surface area contributed by atoms with Gasteiger partial charge in [-0.25, -0.2) is 0 Å². The Morgan fingerprint density at radius 1 is 1.36 bits per heavy atom. The first-order valence-corrected chi connectivity index (χ1v) is 9.39. The summed E-state index contributed by atoms with van der Waals surface area (Å²) in [6, 6.07) is 3.99. The number of aromatic nitrogens is 1. The summed E-state index contributed by atoms with van der Waals surface area (Å²) in [5.74, 6) is 2.22. The quantitative estimate of drug-likeness (QED) is 0.799. The monoisotopic (exact) mass is 321 g/mol. The fourth-order valence-corrected chi connectivity index (χ4v) is 3.60. The summed E-state index contributed by atoms with van der Waals surface area (Å²) >= 11 is 1.66. The van der Waals surface area contributed by atoms with Gasteiger partial charge in [-0.15, -0.1) is 11.8 Å². The molecule has 0 unspecified atom stereocenters. The minimum atomic E-state index is 0.162. The van der Waals surface area contributed by atoms with Gasteiger partial charge in [-0.05, 0) is 62.5 Å². The Balaban J connectivity index is 1.54. The van der Waals surface area contributed by atoms with Crippen molar-refractivity contribution in [1.82, 2.24) is 15.2 Å². The predicted molar refractivity (Wildman–Crippen MR) is 92.9 cm³/mol. The van der Waals surface area contributed by atoms with Gasteiger partial charge in [0.2, 0.25) is 5.91 Å². The van der Waals surface area contributed by atoms with Crippen LogP contribution in [0.25, 0.3) is 0 Å². The van der Waals surface area contributed by atoms with E-state index in [-0.39, 0.29) is 5.91 Å². The molecular formula is C17H27N3OS. The molecule has 1 amide bonds. The van der Waals surface area contributed by atoms with Crippen molar-refractivity contribution >= 4 is 17.7 Å². The van der Waals surface area contributed by atoms with Crippen LogP contribution in [0.4, 0.5) is 0 Å². The van der Waals surface area contributed by atoms with Gasteiger partial charge in [-0.2, -0.15) is 0 Å². The highest BCUT2D eigenvalue weighted by molar-refractivity contribution is 7.99. The van der Waals surface area contributed by atoms with Gasteiger partial charge in [0, 0.05) is 24.7 Å².